The molecule has 0 radical (unpaired) electrons. The third kappa shape index (κ3) is 3.89. The Morgan fingerprint density at radius 2 is 1.31 bits per heavy atom. The van der Waals surface area contributed by atoms with Gasteiger partial charge in [-0.15, -0.1) is 0 Å². The molecular weight excluding hydrogens is 307 g/mol. The van der Waals surface area contributed by atoms with Crippen molar-refractivity contribution in [1.82, 2.24) is 0 Å². The topological polar surface area (TPSA) is 0 Å². The van der Waals surface area contributed by atoms with Gasteiger partial charge >= 0.3 is 0 Å². The van der Waals surface area contributed by atoms with Gasteiger partial charge in [-0.1, -0.05) is 64.1 Å². The van der Waals surface area contributed by atoms with Gasteiger partial charge in [0.25, 0.3) is 0 Å². The first kappa shape index (κ1) is 14.8. The average Bonchev–Trinajstić information content (AvgIpc) is 2.14. The summed E-state index contributed by atoms with van der Waals surface area (Å²) < 4.78 is 0.839. The van der Waals surface area contributed by atoms with Gasteiger partial charge in [0.15, 0.2) is 0 Å². The SMILES string of the molecule is CC(C)(C)C1CCC(C(I)C(C)(C)C)CC1. The zero-order chi connectivity index (χ0) is 12.6. The molecule has 1 saturated carbocycles. The second-order valence-electron chi connectivity index (χ2n) is 7.75. The molecule has 0 aromatic carbocycles. The summed E-state index contributed by atoms with van der Waals surface area (Å²) in [5.41, 5.74) is 0.993. The average molecular weight is 336 g/mol. The van der Waals surface area contributed by atoms with E-state index in [1.54, 1.807) is 0 Å². The number of hydrogen-bond acceptors (Lipinski definition) is 0. The highest BCUT2D eigenvalue weighted by Gasteiger charge is 2.35. The number of halogens is 1. The maximum Gasteiger partial charge on any atom is 0.0186 e. The smallest absolute Gasteiger partial charge is 0.0186 e. The van der Waals surface area contributed by atoms with Crippen LogP contribution in [-0.4, -0.2) is 3.92 Å². The van der Waals surface area contributed by atoms with Gasteiger partial charge in [0, 0.05) is 3.92 Å². The Labute approximate surface area is 116 Å². The molecule has 16 heavy (non-hydrogen) atoms. The van der Waals surface area contributed by atoms with Crippen molar-refractivity contribution >= 4 is 22.6 Å². The van der Waals surface area contributed by atoms with Gasteiger partial charge in [-0.25, -0.2) is 0 Å². The van der Waals surface area contributed by atoms with Gasteiger partial charge in [0.1, 0.15) is 0 Å². The quantitative estimate of drug-likeness (QED) is 0.426. The Morgan fingerprint density at radius 3 is 1.62 bits per heavy atom. The molecule has 0 aliphatic heterocycles. The van der Waals surface area contributed by atoms with E-state index >= 15 is 0 Å². The van der Waals surface area contributed by atoms with E-state index in [0.29, 0.717) is 10.8 Å². The minimum atomic E-state index is 0.472. The third-order valence-corrected chi connectivity index (χ3v) is 7.12. The summed E-state index contributed by atoms with van der Waals surface area (Å²) in [4.78, 5) is 0. The molecular formula is C15H29I. The monoisotopic (exact) mass is 336 g/mol. The predicted molar refractivity (Wildman–Crippen MR) is 82.2 cm³/mol. The summed E-state index contributed by atoms with van der Waals surface area (Å²) in [7, 11) is 0. The highest BCUT2D eigenvalue weighted by Crippen LogP contribution is 2.45. The van der Waals surface area contributed by atoms with Crippen molar-refractivity contribution in [1.29, 1.82) is 0 Å². The lowest BCUT2D eigenvalue weighted by molar-refractivity contribution is 0.136. The molecule has 1 heteroatoms. The number of hydrogen-bond donors (Lipinski definition) is 0. The Balaban J connectivity index is 2.50. The molecule has 96 valence electrons. The molecule has 0 bridgehead atoms. The first-order valence-electron chi connectivity index (χ1n) is 6.76. The predicted octanol–water partition coefficient (Wildman–Crippen LogP) is 5.69. The molecule has 1 fully saturated rings. The van der Waals surface area contributed by atoms with Gasteiger partial charge in [-0.2, -0.15) is 0 Å². The van der Waals surface area contributed by atoms with Crippen LogP contribution in [0.5, 0.6) is 0 Å². The van der Waals surface area contributed by atoms with Gasteiger partial charge < -0.3 is 0 Å². The van der Waals surface area contributed by atoms with Crippen molar-refractivity contribution in [2.24, 2.45) is 22.7 Å². The minimum absolute atomic E-state index is 0.472. The van der Waals surface area contributed by atoms with E-state index in [0.717, 1.165) is 15.8 Å². The van der Waals surface area contributed by atoms with Crippen LogP contribution < -0.4 is 0 Å². The van der Waals surface area contributed by atoms with Crippen molar-refractivity contribution in [3.05, 3.63) is 0 Å². The van der Waals surface area contributed by atoms with E-state index in [4.69, 9.17) is 0 Å². The molecule has 0 heterocycles. The van der Waals surface area contributed by atoms with E-state index in [1.807, 2.05) is 0 Å². The Hall–Kier alpha value is 0.730. The molecule has 1 aliphatic rings. The lowest BCUT2D eigenvalue weighted by atomic mass is 9.67. The number of alkyl halides is 1. The van der Waals surface area contributed by atoms with E-state index in [-0.39, 0.29) is 0 Å². The molecule has 1 atom stereocenters. The van der Waals surface area contributed by atoms with Crippen molar-refractivity contribution in [2.75, 3.05) is 0 Å². The minimum Gasteiger partial charge on any atom is -0.0817 e. The fourth-order valence-corrected chi connectivity index (χ4v) is 3.70. The van der Waals surface area contributed by atoms with Crippen molar-refractivity contribution < 1.29 is 0 Å². The molecule has 0 nitrogen and oxygen atoms in total. The summed E-state index contributed by atoms with van der Waals surface area (Å²) in [6.07, 6.45) is 5.80. The summed E-state index contributed by atoms with van der Waals surface area (Å²) in [5.74, 6) is 1.91. The second kappa shape index (κ2) is 5.16. The fraction of sp³-hybridized carbons (Fsp3) is 1.00. The Kier molecular flexibility index (Phi) is 4.77. The molecule has 1 rings (SSSR count). The van der Waals surface area contributed by atoms with Crippen LogP contribution in [0.3, 0.4) is 0 Å². The molecule has 1 unspecified atom stereocenters. The van der Waals surface area contributed by atoms with E-state index in [1.165, 1.54) is 25.7 Å². The molecule has 0 N–H and O–H groups in total. The normalized spacial score (nSPS) is 30.2. The Morgan fingerprint density at radius 1 is 0.875 bits per heavy atom. The second-order valence-corrected chi connectivity index (χ2v) is 9.09. The van der Waals surface area contributed by atoms with Crippen molar-refractivity contribution in [2.45, 2.75) is 71.2 Å². The summed E-state index contributed by atoms with van der Waals surface area (Å²) in [6.45, 7) is 14.4. The zero-order valence-electron chi connectivity index (χ0n) is 11.9. The highest BCUT2D eigenvalue weighted by molar-refractivity contribution is 14.1. The van der Waals surface area contributed by atoms with Crippen molar-refractivity contribution in [3.8, 4) is 0 Å². The lowest BCUT2D eigenvalue weighted by Crippen LogP contribution is -2.34. The molecule has 1 aliphatic carbocycles. The van der Waals surface area contributed by atoms with Gasteiger partial charge in [0.05, 0.1) is 0 Å². The van der Waals surface area contributed by atoms with Crippen LogP contribution in [-0.2, 0) is 0 Å². The van der Waals surface area contributed by atoms with E-state index in [9.17, 15) is 0 Å². The molecule has 0 amide bonds. The van der Waals surface area contributed by atoms with E-state index in [2.05, 4.69) is 64.1 Å². The standard InChI is InChI=1S/C15H29I/c1-14(2,3)12-9-7-11(8-10-12)13(16)15(4,5)6/h11-13H,7-10H2,1-6H3. The van der Waals surface area contributed by atoms with Crippen LogP contribution in [0.2, 0.25) is 0 Å². The van der Waals surface area contributed by atoms with Crippen molar-refractivity contribution in [3.63, 3.8) is 0 Å². The number of rotatable bonds is 1. The summed E-state index contributed by atoms with van der Waals surface area (Å²) in [5, 5.41) is 0. The molecule has 0 saturated heterocycles. The highest BCUT2D eigenvalue weighted by atomic mass is 127. The van der Waals surface area contributed by atoms with E-state index < -0.39 is 0 Å². The largest absolute Gasteiger partial charge is 0.0817 e. The summed E-state index contributed by atoms with van der Waals surface area (Å²) >= 11 is 2.70. The van der Waals surface area contributed by atoms with Gasteiger partial charge in [-0.3, -0.25) is 0 Å². The van der Waals surface area contributed by atoms with Crippen LogP contribution in [0, 0.1) is 22.7 Å². The molecule has 0 aromatic rings. The fourth-order valence-electron chi connectivity index (χ4n) is 2.98. The Bertz CT molecular complexity index is 211. The first-order valence-corrected chi connectivity index (χ1v) is 8.01. The third-order valence-electron chi connectivity index (χ3n) is 4.24. The van der Waals surface area contributed by atoms with Gasteiger partial charge in [0.2, 0.25) is 0 Å². The first-order chi connectivity index (χ1) is 7.12. The van der Waals surface area contributed by atoms with Crippen LogP contribution in [0.15, 0.2) is 0 Å². The zero-order valence-corrected chi connectivity index (χ0v) is 14.1. The maximum absolute atomic E-state index is 2.70. The van der Waals surface area contributed by atoms with Crippen LogP contribution in [0.4, 0.5) is 0 Å². The lowest BCUT2D eigenvalue weighted by Gasteiger charge is -2.41. The summed E-state index contributed by atoms with van der Waals surface area (Å²) in [6, 6.07) is 0. The van der Waals surface area contributed by atoms with Gasteiger partial charge in [-0.05, 0) is 48.3 Å². The molecule has 0 spiro atoms. The van der Waals surface area contributed by atoms with Crippen LogP contribution in [0.25, 0.3) is 0 Å². The maximum atomic E-state index is 2.70. The van der Waals surface area contributed by atoms with Crippen LogP contribution in [0.1, 0.15) is 67.2 Å². The van der Waals surface area contributed by atoms with Crippen LogP contribution >= 0.6 is 22.6 Å². The molecule has 0 aromatic heterocycles.